The van der Waals surface area contributed by atoms with Gasteiger partial charge in [-0.15, -0.1) is 0 Å². The lowest BCUT2D eigenvalue weighted by Crippen LogP contribution is -2.39. The van der Waals surface area contributed by atoms with Gasteiger partial charge in [-0.25, -0.2) is 0 Å². The van der Waals surface area contributed by atoms with Gasteiger partial charge in [0.25, 0.3) is 0 Å². The number of halogens is 1. The van der Waals surface area contributed by atoms with Crippen LogP contribution in [0.3, 0.4) is 0 Å². The minimum atomic E-state index is -0.629. The standard InChI is InChI=1S/C16H17ClN2OS/c1-11(15(20)12-5-3-2-4-6-12)18-16(21)19-14-9-7-13(17)8-10-14/h2-11,15,20H,1H3,(H2,18,19,21)/t11-,15+/m1/s1. The monoisotopic (exact) mass is 320 g/mol. The minimum Gasteiger partial charge on any atom is -0.386 e. The van der Waals surface area contributed by atoms with Gasteiger partial charge in [-0.3, -0.25) is 0 Å². The molecule has 2 aromatic carbocycles. The first-order valence-corrected chi connectivity index (χ1v) is 7.41. The third-order valence-electron chi connectivity index (χ3n) is 3.08. The number of nitrogens with one attached hydrogen (secondary N) is 2. The molecule has 21 heavy (non-hydrogen) atoms. The summed E-state index contributed by atoms with van der Waals surface area (Å²) in [6, 6.07) is 16.5. The van der Waals surface area contributed by atoms with Gasteiger partial charge in [-0.2, -0.15) is 0 Å². The molecule has 0 radical (unpaired) electrons. The fourth-order valence-electron chi connectivity index (χ4n) is 1.93. The van der Waals surface area contributed by atoms with Crippen LogP contribution in [0.2, 0.25) is 5.02 Å². The van der Waals surface area contributed by atoms with E-state index in [2.05, 4.69) is 10.6 Å². The summed E-state index contributed by atoms with van der Waals surface area (Å²) >= 11 is 11.1. The SMILES string of the molecule is C[C@@H](NC(=S)Nc1ccc(Cl)cc1)[C@H](O)c1ccccc1. The number of aliphatic hydroxyl groups is 1. The van der Waals surface area contributed by atoms with E-state index in [0.29, 0.717) is 10.1 Å². The molecule has 0 amide bonds. The lowest BCUT2D eigenvalue weighted by atomic mass is 10.0. The molecule has 2 atom stereocenters. The molecule has 0 saturated carbocycles. The average Bonchev–Trinajstić information content (AvgIpc) is 2.49. The van der Waals surface area contributed by atoms with Gasteiger partial charge < -0.3 is 15.7 Å². The van der Waals surface area contributed by atoms with Crippen LogP contribution in [0, 0.1) is 0 Å². The first kappa shape index (κ1) is 15.8. The molecule has 2 rings (SSSR count). The number of aliphatic hydroxyl groups excluding tert-OH is 1. The molecule has 0 aliphatic carbocycles. The third-order valence-corrected chi connectivity index (χ3v) is 3.55. The van der Waals surface area contributed by atoms with E-state index in [0.717, 1.165) is 11.3 Å². The second-order valence-corrected chi connectivity index (χ2v) is 5.59. The van der Waals surface area contributed by atoms with E-state index >= 15 is 0 Å². The van der Waals surface area contributed by atoms with Crippen molar-refractivity contribution in [2.45, 2.75) is 19.1 Å². The molecular formula is C16H17ClN2OS. The third kappa shape index (κ3) is 4.70. The quantitative estimate of drug-likeness (QED) is 0.751. The molecule has 0 saturated heterocycles. The van der Waals surface area contributed by atoms with E-state index in [-0.39, 0.29) is 6.04 Å². The predicted molar refractivity (Wildman–Crippen MR) is 91.7 cm³/mol. The van der Waals surface area contributed by atoms with Crippen LogP contribution in [0.1, 0.15) is 18.6 Å². The molecule has 0 fully saturated rings. The topological polar surface area (TPSA) is 44.3 Å². The first-order chi connectivity index (χ1) is 10.1. The van der Waals surface area contributed by atoms with E-state index in [4.69, 9.17) is 23.8 Å². The Labute approximate surface area is 135 Å². The molecule has 0 spiro atoms. The van der Waals surface area contributed by atoms with Gasteiger partial charge in [-0.1, -0.05) is 41.9 Å². The highest BCUT2D eigenvalue weighted by molar-refractivity contribution is 7.80. The Hall–Kier alpha value is -1.62. The fourth-order valence-corrected chi connectivity index (χ4v) is 2.35. The Kier molecular flexibility index (Phi) is 5.56. The van der Waals surface area contributed by atoms with Gasteiger partial charge >= 0.3 is 0 Å². The van der Waals surface area contributed by atoms with Gasteiger partial charge in [0, 0.05) is 10.7 Å². The minimum absolute atomic E-state index is 0.209. The van der Waals surface area contributed by atoms with E-state index < -0.39 is 6.10 Å². The Morgan fingerprint density at radius 3 is 2.33 bits per heavy atom. The van der Waals surface area contributed by atoms with Crippen LogP contribution in [0.5, 0.6) is 0 Å². The number of thiocarbonyl (C=S) groups is 1. The Morgan fingerprint density at radius 1 is 1.10 bits per heavy atom. The maximum absolute atomic E-state index is 10.3. The van der Waals surface area contributed by atoms with Crippen LogP contribution in [0.4, 0.5) is 5.69 Å². The van der Waals surface area contributed by atoms with Crippen molar-refractivity contribution in [2.75, 3.05) is 5.32 Å². The van der Waals surface area contributed by atoms with Crippen molar-refractivity contribution in [3.05, 3.63) is 65.2 Å². The first-order valence-electron chi connectivity index (χ1n) is 6.62. The van der Waals surface area contributed by atoms with E-state index in [1.54, 1.807) is 12.1 Å². The molecule has 0 aliphatic rings. The van der Waals surface area contributed by atoms with Crippen molar-refractivity contribution in [3.63, 3.8) is 0 Å². The van der Waals surface area contributed by atoms with Gasteiger partial charge in [0.15, 0.2) is 5.11 Å². The zero-order valence-corrected chi connectivity index (χ0v) is 13.2. The number of hydrogen-bond donors (Lipinski definition) is 3. The van der Waals surface area contributed by atoms with Gasteiger partial charge in [-0.05, 0) is 49.0 Å². The number of rotatable bonds is 4. The van der Waals surface area contributed by atoms with Crippen molar-refractivity contribution in [2.24, 2.45) is 0 Å². The molecule has 0 aromatic heterocycles. The largest absolute Gasteiger partial charge is 0.386 e. The maximum atomic E-state index is 10.3. The summed E-state index contributed by atoms with van der Waals surface area (Å²) < 4.78 is 0. The summed E-state index contributed by atoms with van der Waals surface area (Å²) in [5, 5.41) is 17.5. The maximum Gasteiger partial charge on any atom is 0.171 e. The molecule has 0 aliphatic heterocycles. The zero-order chi connectivity index (χ0) is 15.2. The van der Waals surface area contributed by atoms with E-state index in [1.165, 1.54) is 0 Å². The summed E-state index contributed by atoms with van der Waals surface area (Å²) in [5.74, 6) is 0. The van der Waals surface area contributed by atoms with Crippen molar-refractivity contribution >= 4 is 34.6 Å². The zero-order valence-electron chi connectivity index (χ0n) is 11.6. The Morgan fingerprint density at radius 2 is 1.71 bits per heavy atom. The predicted octanol–water partition coefficient (Wildman–Crippen LogP) is 3.75. The molecule has 3 nitrogen and oxygen atoms in total. The number of benzene rings is 2. The summed E-state index contributed by atoms with van der Waals surface area (Å²) in [7, 11) is 0. The number of hydrogen-bond acceptors (Lipinski definition) is 2. The molecule has 110 valence electrons. The summed E-state index contributed by atoms with van der Waals surface area (Å²) in [6.07, 6.45) is -0.629. The summed E-state index contributed by atoms with van der Waals surface area (Å²) in [4.78, 5) is 0. The normalized spacial score (nSPS) is 13.3. The van der Waals surface area contributed by atoms with Crippen LogP contribution in [0.25, 0.3) is 0 Å². The molecule has 5 heteroatoms. The molecule has 2 aromatic rings. The highest BCUT2D eigenvalue weighted by atomic mass is 35.5. The molecule has 0 heterocycles. The second-order valence-electron chi connectivity index (χ2n) is 4.75. The van der Waals surface area contributed by atoms with Crippen LogP contribution in [0.15, 0.2) is 54.6 Å². The highest BCUT2D eigenvalue weighted by Gasteiger charge is 2.16. The average molecular weight is 321 g/mol. The molecule has 0 bridgehead atoms. The Balaban J connectivity index is 1.91. The fraction of sp³-hybridized carbons (Fsp3) is 0.188. The van der Waals surface area contributed by atoms with Crippen molar-refractivity contribution in [1.29, 1.82) is 0 Å². The highest BCUT2D eigenvalue weighted by Crippen LogP contribution is 2.17. The van der Waals surface area contributed by atoms with Gasteiger partial charge in [0.05, 0.1) is 12.1 Å². The van der Waals surface area contributed by atoms with Crippen molar-refractivity contribution < 1.29 is 5.11 Å². The summed E-state index contributed by atoms with van der Waals surface area (Å²) in [5.41, 5.74) is 1.70. The summed E-state index contributed by atoms with van der Waals surface area (Å²) in [6.45, 7) is 1.88. The van der Waals surface area contributed by atoms with Crippen LogP contribution in [-0.2, 0) is 0 Å². The lowest BCUT2D eigenvalue weighted by molar-refractivity contribution is 0.145. The van der Waals surface area contributed by atoms with Crippen LogP contribution in [-0.4, -0.2) is 16.3 Å². The lowest BCUT2D eigenvalue weighted by Gasteiger charge is -2.22. The van der Waals surface area contributed by atoms with Gasteiger partial charge in [0.1, 0.15) is 0 Å². The van der Waals surface area contributed by atoms with E-state index in [1.807, 2.05) is 49.4 Å². The van der Waals surface area contributed by atoms with Gasteiger partial charge in [0.2, 0.25) is 0 Å². The molecule has 0 unspecified atom stereocenters. The smallest absolute Gasteiger partial charge is 0.171 e. The van der Waals surface area contributed by atoms with Crippen LogP contribution < -0.4 is 10.6 Å². The Bertz CT molecular complexity index is 589. The second kappa shape index (κ2) is 7.41. The number of anilines is 1. The molecular weight excluding hydrogens is 304 g/mol. The van der Waals surface area contributed by atoms with E-state index in [9.17, 15) is 5.11 Å². The molecule has 3 N–H and O–H groups in total. The van der Waals surface area contributed by atoms with Crippen molar-refractivity contribution in [1.82, 2.24) is 5.32 Å². The van der Waals surface area contributed by atoms with Crippen LogP contribution >= 0.6 is 23.8 Å². The van der Waals surface area contributed by atoms with Crippen molar-refractivity contribution in [3.8, 4) is 0 Å².